The molecule has 0 radical (unpaired) electrons. The molecule has 1 aromatic heterocycles. The van der Waals surface area contributed by atoms with Gasteiger partial charge in [0.15, 0.2) is 0 Å². The number of nitrogens with zero attached hydrogens (tertiary/aromatic N) is 3. The molecule has 0 atom stereocenters. The van der Waals surface area contributed by atoms with Crippen LogP contribution < -0.4 is 10.2 Å². The molecular formula is C13H22N4. The first kappa shape index (κ1) is 12.1. The zero-order valence-corrected chi connectivity index (χ0v) is 11.0. The van der Waals surface area contributed by atoms with E-state index in [1.165, 1.54) is 12.8 Å². The zero-order chi connectivity index (χ0) is 12.3. The third-order valence-electron chi connectivity index (χ3n) is 2.95. The van der Waals surface area contributed by atoms with Crippen molar-refractivity contribution in [2.45, 2.75) is 33.6 Å². The summed E-state index contributed by atoms with van der Waals surface area (Å²) in [6, 6.07) is 2.07. The molecule has 94 valence electrons. The van der Waals surface area contributed by atoms with Gasteiger partial charge in [0.2, 0.25) is 0 Å². The van der Waals surface area contributed by atoms with E-state index in [1.807, 2.05) is 6.92 Å². The summed E-state index contributed by atoms with van der Waals surface area (Å²) in [5.41, 5.74) is 0. The molecule has 1 aliphatic rings. The van der Waals surface area contributed by atoms with Gasteiger partial charge in [-0.05, 0) is 25.7 Å². The second-order valence-corrected chi connectivity index (χ2v) is 5.13. The van der Waals surface area contributed by atoms with Crippen molar-refractivity contribution in [1.29, 1.82) is 0 Å². The Hall–Kier alpha value is -1.32. The summed E-state index contributed by atoms with van der Waals surface area (Å²) in [7, 11) is 0. The van der Waals surface area contributed by atoms with Gasteiger partial charge in [-0.2, -0.15) is 0 Å². The van der Waals surface area contributed by atoms with E-state index < -0.39 is 0 Å². The van der Waals surface area contributed by atoms with Crippen LogP contribution in [0.1, 0.15) is 32.5 Å². The van der Waals surface area contributed by atoms with Gasteiger partial charge in [-0.25, -0.2) is 9.97 Å². The van der Waals surface area contributed by atoms with Crippen molar-refractivity contribution in [2.24, 2.45) is 5.92 Å². The van der Waals surface area contributed by atoms with Gasteiger partial charge in [0.05, 0.1) is 0 Å². The van der Waals surface area contributed by atoms with Crippen LogP contribution in [0.2, 0.25) is 0 Å². The van der Waals surface area contributed by atoms with Crippen LogP contribution in [0, 0.1) is 12.8 Å². The average molecular weight is 234 g/mol. The van der Waals surface area contributed by atoms with Crippen molar-refractivity contribution >= 4 is 11.6 Å². The minimum atomic E-state index is 0.625. The first-order valence-corrected chi connectivity index (χ1v) is 6.49. The van der Waals surface area contributed by atoms with Gasteiger partial charge in [-0.3, -0.25) is 0 Å². The Kier molecular flexibility index (Phi) is 3.82. The molecule has 4 nitrogen and oxygen atoms in total. The molecule has 0 aliphatic carbocycles. The zero-order valence-electron chi connectivity index (χ0n) is 11.0. The largest absolute Gasteiger partial charge is 0.370 e. The van der Waals surface area contributed by atoms with E-state index in [2.05, 4.69) is 40.1 Å². The quantitative estimate of drug-likeness (QED) is 0.869. The van der Waals surface area contributed by atoms with Crippen molar-refractivity contribution in [3.63, 3.8) is 0 Å². The van der Waals surface area contributed by atoms with E-state index in [0.717, 1.165) is 37.1 Å². The number of anilines is 2. The molecule has 0 spiro atoms. The average Bonchev–Trinajstić information content (AvgIpc) is 2.79. The number of rotatable bonds is 4. The lowest BCUT2D eigenvalue weighted by atomic mass is 10.2. The maximum Gasteiger partial charge on any atom is 0.134 e. The van der Waals surface area contributed by atoms with Crippen LogP contribution in [0.5, 0.6) is 0 Å². The number of hydrogen-bond donors (Lipinski definition) is 1. The van der Waals surface area contributed by atoms with Crippen molar-refractivity contribution in [2.75, 3.05) is 29.9 Å². The number of hydrogen-bond acceptors (Lipinski definition) is 4. The van der Waals surface area contributed by atoms with Crippen LogP contribution in [-0.2, 0) is 0 Å². The van der Waals surface area contributed by atoms with Crippen LogP contribution in [0.25, 0.3) is 0 Å². The summed E-state index contributed by atoms with van der Waals surface area (Å²) in [4.78, 5) is 11.3. The Morgan fingerprint density at radius 1 is 1.29 bits per heavy atom. The lowest BCUT2D eigenvalue weighted by molar-refractivity contribution is 0.686. The Morgan fingerprint density at radius 3 is 2.65 bits per heavy atom. The summed E-state index contributed by atoms with van der Waals surface area (Å²) in [6.45, 7) is 9.56. The molecule has 1 saturated heterocycles. The summed E-state index contributed by atoms with van der Waals surface area (Å²) in [5.74, 6) is 3.50. The molecule has 0 unspecified atom stereocenters. The normalized spacial score (nSPS) is 15.6. The highest BCUT2D eigenvalue weighted by Gasteiger charge is 2.14. The third kappa shape index (κ3) is 3.32. The number of aryl methyl sites for hydroxylation is 1. The van der Waals surface area contributed by atoms with E-state index >= 15 is 0 Å². The highest BCUT2D eigenvalue weighted by Crippen LogP contribution is 2.20. The SMILES string of the molecule is Cc1nc(NCC(C)C)cc(N2CCCC2)n1. The van der Waals surface area contributed by atoms with Gasteiger partial charge in [0, 0.05) is 25.7 Å². The Morgan fingerprint density at radius 2 is 2.00 bits per heavy atom. The third-order valence-corrected chi connectivity index (χ3v) is 2.95. The summed E-state index contributed by atoms with van der Waals surface area (Å²) < 4.78 is 0. The molecule has 1 N–H and O–H groups in total. The highest BCUT2D eigenvalue weighted by atomic mass is 15.2. The molecule has 1 fully saturated rings. The molecule has 0 bridgehead atoms. The van der Waals surface area contributed by atoms with E-state index in [4.69, 9.17) is 0 Å². The van der Waals surface area contributed by atoms with E-state index in [1.54, 1.807) is 0 Å². The van der Waals surface area contributed by atoms with Crippen molar-refractivity contribution in [1.82, 2.24) is 9.97 Å². The molecule has 4 heteroatoms. The monoisotopic (exact) mass is 234 g/mol. The molecule has 1 aromatic rings. The standard InChI is InChI=1S/C13H22N4/c1-10(2)9-14-12-8-13(16-11(3)15-12)17-6-4-5-7-17/h8,10H,4-7,9H2,1-3H3,(H,14,15,16). The predicted molar refractivity (Wildman–Crippen MR) is 71.5 cm³/mol. The Balaban J connectivity index is 2.11. The van der Waals surface area contributed by atoms with Gasteiger partial charge in [-0.15, -0.1) is 0 Å². The smallest absolute Gasteiger partial charge is 0.134 e. The first-order chi connectivity index (χ1) is 8.15. The predicted octanol–water partition coefficient (Wildman–Crippen LogP) is 2.45. The minimum absolute atomic E-state index is 0.625. The first-order valence-electron chi connectivity index (χ1n) is 6.49. The summed E-state index contributed by atoms with van der Waals surface area (Å²) in [5, 5.41) is 3.37. The topological polar surface area (TPSA) is 41.1 Å². The van der Waals surface area contributed by atoms with Gasteiger partial charge in [-0.1, -0.05) is 13.8 Å². The van der Waals surface area contributed by atoms with E-state index in [9.17, 15) is 0 Å². The van der Waals surface area contributed by atoms with Gasteiger partial charge in [0.1, 0.15) is 17.5 Å². The maximum atomic E-state index is 4.52. The Bertz CT molecular complexity index is 370. The van der Waals surface area contributed by atoms with Crippen LogP contribution in [-0.4, -0.2) is 29.6 Å². The van der Waals surface area contributed by atoms with Crippen molar-refractivity contribution < 1.29 is 0 Å². The molecule has 1 aliphatic heterocycles. The van der Waals surface area contributed by atoms with E-state index in [-0.39, 0.29) is 0 Å². The van der Waals surface area contributed by atoms with Crippen LogP contribution in [0.4, 0.5) is 11.6 Å². The molecular weight excluding hydrogens is 212 g/mol. The van der Waals surface area contributed by atoms with Crippen LogP contribution in [0.15, 0.2) is 6.07 Å². The maximum absolute atomic E-state index is 4.52. The summed E-state index contributed by atoms with van der Waals surface area (Å²) in [6.07, 6.45) is 2.55. The molecule has 17 heavy (non-hydrogen) atoms. The fraction of sp³-hybridized carbons (Fsp3) is 0.692. The lowest BCUT2D eigenvalue weighted by Crippen LogP contribution is -2.20. The van der Waals surface area contributed by atoms with Gasteiger partial charge >= 0.3 is 0 Å². The minimum Gasteiger partial charge on any atom is -0.370 e. The lowest BCUT2D eigenvalue weighted by Gasteiger charge is -2.18. The van der Waals surface area contributed by atoms with Crippen molar-refractivity contribution in [3.8, 4) is 0 Å². The van der Waals surface area contributed by atoms with Crippen LogP contribution in [0.3, 0.4) is 0 Å². The van der Waals surface area contributed by atoms with Crippen molar-refractivity contribution in [3.05, 3.63) is 11.9 Å². The highest BCUT2D eigenvalue weighted by molar-refractivity contribution is 5.49. The second kappa shape index (κ2) is 5.34. The molecule has 2 heterocycles. The molecule has 0 saturated carbocycles. The Labute approximate surface area is 103 Å². The van der Waals surface area contributed by atoms with E-state index in [0.29, 0.717) is 5.92 Å². The number of nitrogens with one attached hydrogen (secondary N) is 1. The fourth-order valence-corrected chi connectivity index (χ4v) is 2.06. The number of aromatic nitrogens is 2. The fourth-order valence-electron chi connectivity index (χ4n) is 2.06. The van der Waals surface area contributed by atoms with Crippen LogP contribution >= 0.6 is 0 Å². The molecule has 2 rings (SSSR count). The summed E-state index contributed by atoms with van der Waals surface area (Å²) >= 11 is 0. The van der Waals surface area contributed by atoms with Gasteiger partial charge in [0.25, 0.3) is 0 Å². The van der Waals surface area contributed by atoms with Gasteiger partial charge < -0.3 is 10.2 Å². The second-order valence-electron chi connectivity index (χ2n) is 5.13. The molecule has 0 aromatic carbocycles. The molecule has 0 amide bonds.